The predicted octanol–water partition coefficient (Wildman–Crippen LogP) is 3.52. The van der Waals surface area contributed by atoms with Gasteiger partial charge in [0.25, 0.3) is 0 Å². The van der Waals surface area contributed by atoms with E-state index in [0.717, 1.165) is 11.1 Å². The van der Waals surface area contributed by atoms with Crippen LogP contribution in [0.1, 0.15) is 11.1 Å². The number of nitrogens with one attached hydrogen (secondary N) is 2. The molecule has 0 spiro atoms. The van der Waals surface area contributed by atoms with E-state index in [-0.39, 0.29) is 11.3 Å². The molecule has 0 aliphatic rings. The summed E-state index contributed by atoms with van der Waals surface area (Å²) in [6, 6.07) is 23.7. The van der Waals surface area contributed by atoms with E-state index < -0.39 is 22.0 Å². The first-order valence-corrected chi connectivity index (χ1v) is 10.4. The highest BCUT2D eigenvalue weighted by Crippen LogP contribution is 2.14. The van der Waals surface area contributed by atoms with Gasteiger partial charge in [0.05, 0.1) is 4.90 Å². The van der Waals surface area contributed by atoms with Crippen LogP contribution in [0.3, 0.4) is 0 Å². The Morgan fingerprint density at radius 2 is 1.43 bits per heavy atom. The lowest BCUT2D eigenvalue weighted by molar-refractivity contribution is -0.117. The maximum absolute atomic E-state index is 12.9. The smallest absolute Gasteiger partial charge is 0.242 e. The van der Waals surface area contributed by atoms with Gasteiger partial charge in [-0.3, -0.25) is 4.79 Å². The van der Waals surface area contributed by atoms with Crippen LogP contribution in [0.25, 0.3) is 0 Å². The fraction of sp³-hybridized carbons (Fsp3) is 0.136. The Kier molecular flexibility index (Phi) is 6.23. The van der Waals surface area contributed by atoms with Gasteiger partial charge in [-0.1, -0.05) is 66.2 Å². The summed E-state index contributed by atoms with van der Waals surface area (Å²) >= 11 is 0. The molecule has 0 saturated carbocycles. The summed E-state index contributed by atoms with van der Waals surface area (Å²) in [6.07, 6.45) is 0.241. The molecule has 1 amide bonds. The molecule has 1 atom stereocenters. The highest BCUT2D eigenvalue weighted by molar-refractivity contribution is 7.89. The molecule has 3 rings (SSSR count). The number of hydrogen-bond acceptors (Lipinski definition) is 3. The van der Waals surface area contributed by atoms with Crippen LogP contribution in [0.4, 0.5) is 5.69 Å². The molecule has 0 aromatic heterocycles. The van der Waals surface area contributed by atoms with Gasteiger partial charge in [0, 0.05) is 5.69 Å². The fourth-order valence-electron chi connectivity index (χ4n) is 2.76. The Morgan fingerprint density at radius 1 is 0.857 bits per heavy atom. The molecule has 3 aromatic rings. The third kappa shape index (κ3) is 5.28. The molecule has 0 radical (unpaired) electrons. The van der Waals surface area contributed by atoms with E-state index in [1.165, 1.54) is 12.1 Å². The average molecular weight is 394 g/mol. The van der Waals surface area contributed by atoms with Crippen molar-refractivity contribution in [2.75, 3.05) is 5.32 Å². The van der Waals surface area contributed by atoms with Gasteiger partial charge < -0.3 is 5.32 Å². The second kappa shape index (κ2) is 8.82. The minimum absolute atomic E-state index is 0.121. The lowest BCUT2D eigenvalue weighted by Crippen LogP contribution is -2.45. The number of rotatable bonds is 7. The van der Waals surface area contributed by atoms with Gasteiger partial charge in [-0.15, -0.1) is 0 Å². The summed E-state index contributed by atoms with van der Waals surface area (Å²) in [5.41, 5.74) is 2.55. The lowest BCUT2D eigenvalue weighted by Gasteiger charge is -2.19. The van der Waals surface area contributed by atoms with Gasteiger partial charge in [-0.2, -0.15) is 4.72 Å². The maximum Gasteiger partial charge on any atom is 0.242 e. The van der Waals surface area contributed by atoms with Crippen molar-refractivity contribution in [2.24, 2.45) is 0 Å². The Hall–Kier alpha value is -2.96. The average Bonchev–Trinajstić information content (AvgIpc) is 2.70. The number of amides is 1. The molecule has 0 saturated heterocycles. The molecule has 0 heterocycles. The third-order valence-electron chi connectivity index (χ3n) is 4.27. The van der Waals surface area contributed by atoms with E-state index in [9.17, 15) is 13.2 Å². The highest BCUT2D eigenvalue weighted by Gasteiger charge is 2.26. The monoisotopic (exact) mass is 394 g/mol. The van der Waals surface area contributed by atoms with Crippen molar-refractivity contribution >= 4 is 21.6 Å². The second-order valence-corrected chi connectivity index (χ2v) is 8.25. The largest absolute Gasteiger partial charge is 0.325 e. The van der Waals surface area contributed by atoms with E-state index in [1.807, 2.05) is 49.4 Å². The number of aryl methyl sites for hydroxylation is 1. The summed E-state index contributed by atoms with van der Waals surface area (Å²) in [5, 5.41) is 2.80. The first kappa shape index (κ1) is 19.8. The van der Waals surface area contributed by atoms with E-state index in [2.05, 4.69) is 10.0 Å². The van der Waals surface area contributed by atoms with Gasteiger partial charge in [-0.05, 0) is 43.2 Å². The normalized spacial score (nSPS) is 12.3. The number of carbonyl (C=O) groups excluding carboxylic acids is 1. The van der Waals surface area contributed by atoms with Crippen molar-refractivity contribution in [3.05, 3.63) is 96.1 Å². The number of carbonyl (C=O) groups is 1. The summed E-state index contributed by atoms with van der Waals surface area (Å²) in [4.78, 5) is 13.0. The molecular weight excluding hydrogens is 372 g/mol. The first-order chi connectivity index (χ1) is 13.4. The zero-order valence-electron chi connectivity index (χ0n) is 15.5. The molecule has 2 N–H and O–H groups in total. The van der Waals surface area contributed by atoms with Crippen molar-refractivity contribution < 1.29 is 13.2 Å². The van der Waals surface area contributed by atoms with E-state index in [0.29, 0.717) is 5.69 Å². The predicted molar refractivity (Wildman–Crippen MR) is 111 cm³/mol. The molecule has 0 bridgehead atoms. The molecule has 0 aliphatic heterocycles. The lowest BCUT2D eigenvalue weighted by atomic mass is 10.1. The summed E-state index contributed by atoms with van der Waals surface area (Å²) in [7, 11) is -3.83. The Bertz CT molecular complexity index is 1020. The van der Waals surface area contributed by atoms with Crippen molar-refractivity contribution in [1.82, 2.24) is 4.72 Å². The van der Waals surface area contributed by atoms with E-state index in [4.69, 9.17) is 0 Å². The molecule has 144 valence electrons. The van der Waals surface area contributed by atoms with Gasteiger partial charge in [-0.25, -0.2) is 8.42 Å². The van der Waals surface area contributed by atoms with E-state index in [1.54, 1.807) is 30.3 Å². The second-order valence-electron chi connectivity index (χ2n) is 6.53. The van der Waals surface area contributed by atoms with Gasteiger partial charge in [0.2, 0.25) is 15.9 Å². The zero-order valence-corrected chi connectivity index (χ0v) is 16.3. The molecule has 3 aromatic carbocycles. The van der Waals surface area contributed by atoms with Crippen LogP contribution < -0.4 is 10.0 Å². The minimum Gasteiger partial charge on any atom is -0.325 e. The highest BCUT2D eigenvalue weighted by atomic mass is 32.2. The van der Waals surface area contributed by atoms with Crippen LogP contribution in [-0.2, 0) is 21.2 Å². The number of sulfonamides is 1. The van der Waals surface area contributed by atoms with Crippen molar-refractivity contribution in [1.29, 1.82) is 0 Å². The molecule has 28 heavy (non-hydrogen) atoms. The summed E-state index contributed by atoms with van der Waals surface area (Å²) in [6.45, 7) is 1.96. The van der Waals surface area contributed by atoms with Crippen LogP contribution in [0.15, 0.2) is 89.8 Å². The SMILES string of the molecule is Cc1ccc(NC(=O)[C@@H](Cc2ccccc2)NS(=O)(=O)c2ccccc2)cc1. The third-order valence-corrected chi connectivity index (χ3v) is 5.76. The number of anilines is 1. The quantitative estimate of drug-likeness (QED) is 0.644. The molecule has 0 fully saturated rings. The maximum atomic E-state index is 12.9. The van der Waals surface area contributed by atoms with Crippen molar-refractivity contribution in [3.63, 3.8) is 0 Å². The van der Waals surface area contributed by atoms with Gasteiger partial charge in [0.15, 0.2) is 0 Å². The summed E-state index contributed by atoms with van der Waals surface area (Å²) in [5.74, 6) is -0.410. The van der Waals surface area contributed by atoms with Crippen LogP contribution in [0.2, 0.25) is 0 Å². The Morgan fingerprint density at radius 3 is 2.04 bits per heavy atom. The molecule has 0 aliphatic carbocycles. The molecular formula is C22H22N2O3S. The number of hydrogen-bond donors (Lipinski definition) is 2. The van der Waals surface area contributed by atoms with Gasteiger partial charge in [0.1, 0.15) is 6.04 Å². The molecule has 5 nitrogen and oxygen atoms in total. The standard InChI is InChI=1S/C22H22N2O3S/c1-17-12-14-19(15-13-17)23-22(25)21(16-18-8-4-2-5-9-18)24-28(26,27)20-10-6-3-7-11-20/h2-15,21,24H,16H2,1H3,(H,23,25)/t21-/m1/s1. The van der Waals surface area contributed by atoms with Crippen molar-refractivity contribution in [2.45, 2.75) is 24.3 Å². The fourth-order valence-corrected chi connectivity index (χ4v) is 3.98. The first-order valence-electron chi connectivity index (χ1n) is 8.93. The molecule has 6 heteroatoms. The number of benzene rings is 3. The van der Waals surface area contributed by atoms with Crippen molar-refractivity contribution in [3.8, 4) is 0 Å². The Labute approximate surface area is 165 Å². The topological polar surface area (TPSA) is 75.3 Å². The van der Waals surface area contributed by atoms with E-state index >= 15 is 0 Å². The van der Waals surface area contributed by atoms with Crippen LogP contribution in [0.5, 0.6) is 0 Å². The summed E-state index contributed by atoms with van der Waals surface area (Å²) < 4.78 is 28.0. The minimum atomic E-state index is -3.83. The zero-order chi connectivity index (χ0) is 20.0. The van der Waals surface area contributed by atoms with Gasteiger partial charge >= 0.3 is 0 Å². The van der Waals surface area contributed by atoms with Crippen LogP contribution >= 0.6 is 0 Å². The van der Waals surface area contributed by atoms with Crippen LogP contribution in [0, 0.1) is 6.92 Å². The molecule has 0 unspecified atom stereocenters. The Balaban J connectivity index is 1.84. The van der Waals surface area contributed by atoms with Crippen LogP contribution in [-0.4, -0.2) is 20.4 Å².